The fraction of sp³-hybridized carbons (Fsp3) is 0.280. The van der Waals surface area contributed by atoms with Crippen LogP contribution in [0.1, 0.15) is 35.5 Å². The minimum atomic E-state index is -0.118. The molecule has 7 nitrogen and oxygen atoms in total. The molecule has 34 heavy (non-hydrogen) atoms. The van der Waals surface area contributed by atoms with Gasteiger partial charge in [0, 0.05) is 11.4 Å². The summed E-state index contributed by atoms with van der Waals surface area (Å²) in [6.45, 7) is 4.12. The van der Waals surface area contributed by atoms with E-state index in [0.717, 1.165) is 52.5 Å². The van der Waals surface area contributed by atoms with Crippen LogP contribution < -0.4 is 5.56 Å². The molecule has 5 rings (SSSR count). The molecule has 0 bridgehead atoms. The molecule has 3 heterocycles. The molecule has 0 saturated carbocycles. The van der Waals surface area contributed by atoms with Gasteiger partial charge in [-0.1, -0.05) is 36.4 Å². The first-order chi connectivity index (χ1) is 16.6. The average Bonchev–Trinajstić information content (AvgIpc) is 3.33. The summed E-state index contributed by atoms with van der Waals surface area (Å²) in [5, 5.41) is 21.7. The highest BCUT2D eigenvalue weighted by atomic mass is 32.2. The van der Waals surface area contributed by atoms with Crippen molar-refractivity contribution in [3.8, 4) is 6.07 Å². The van der Waals surface area contributed by atoms with E-state index in [1.165, 1.54) is 23.1 Å². The molecule has 0 unspecified atom stereocenters. The van der Waals surface area contributed by atoms with Crippen molar-refractivity contribution < 1.29 is 5.11 Å². The van der Waals surface area contributed by atoms with Gasteiger partial charge in [0.25, 0.3) is 5.56 Å². The van der Waals surface area contributed by atoms with Gasteiger partial charge in [-0.15, -0.1) is 17.9 Å². The molecule has 9 heteroatoms. The SMILES string of the molecule is C=CCn1c(SCC(O)=C(C#N)c2nc3ccccc3[nH]2)nc2sc3c(c2c1=O)CCCCC3. The zero-order chi connectivity index (χ0) is 23.7. The summed E-state index contributed by atoms with van der Waals surface area (Å²) in [6.07, 6.45) is 7.00. The number of imidazole rings is 1. The molecule has 4 aromatic rings. The van der Waals surface area contributed by atoms with Gasteiger partial charge in [0.1, 0.15) is 22.2 Å². The van der Waals surface area contributed by atoms with Crippen LogP contribution in [-0.4, -0.2) is 30.4 Å². The molecule has 0 fully saturated rings. The zero-order valence-corrected chi connectivity index (χ0v) is 20.1. The summed E-state index contributed by atoms with van der Waals surface area (Å²) in [6, 6.07) is 9.50. The fourth-order valence-electron chi connectivity index (χ4n) is 4.33. The molecule has 2 N–H and O–H groups in total. The highest BCUT2D eigenvalue weighted by Gasteiger charge is 2.22. The normalized spacial score (nSPS) is 14.4. The minimum absolute atomic E-state index is 0.0620. The lowest BCUT2D eigenvalue weighted by molar-refractivity contribution is 0.420. The Labute approximate surface area is 204 Å². The number of fused-ring (bicyclic) bond motifs is 4. The first-order valence-electron chi connectivity index (χ1n) is 11.2. The molecular formula is C25H23N5O2S2. The number of aromatic amines is 1. The van der Waals surface area contributed by atoms with Crippen LogP contribution in [-0.2, 0) is 19.4 Å². The number of hydrogen-bond acceptors (Lipinski definition) is 7. The predicted octanol–water partition coefficient (Wildman–Crippen LogP) is 5.37. The lowest BCUT2D eigenvalue weighted by Crippen LogP contribution is -2.23. The topological polar surface area (TPSA) is 108 Å². The van der Waals surface area contributed by atoms with Gasteiger partial charge in [0.2, 0.25) is 0 Å². The number of aryl methyl sites for hydroxylation is 2. The van der Waals surface area contributed by atoms with E-state index in [9.17, 15) is 15.2 Å². The van der Waals surface area contributed by atoms with Gasteiger partial charge in [-0.25, -0.2) is 9.97 Å². The molecule has 0 amide bonds. The molecule has 1 aromatic carbocycles. The second kappa shape index (κ2) is 9.49. The van der Waals surface area contributed by atoms with Gasteiger partial charge in [-0.05, 0) is 43.4 Å². The van der Waals surface area contributed by atoms with Crippen LogP contribution in [0.2, 0.25) is 0 Å². The van der Waals surface area contributed by atoms with Crippen LogP contribution >= 0.6 is 23.1 Å². The van der Waals surface area contributed by atoms with E-state index < -0.39 is 0 Å². The van der Waals surface area contributed by atoms with Crippen molar-refractivity contribution in [3.63, 3.8) is 0 Å². The Hall–Kier alpha value is -3.35. The number of para-hydroxylation sites is 2. The first-order valence-corrected chi connectivity index (χ1v) is 13.0. The van der Waals surface area contributed by atoms with Crippen LogP contribution in [0.25, 0.3) is 26.8 Å². The van der Waals surface area contributed by atoms with Crippen molar-refractivity contribution in [2.75, 3.05) is 5.75 Å². The van der Waals surface area contributed by atoms with E-state index >= 15 is 0 Å². The number of thiophene rings is 1. The summed E-state index contributed by atoms with van der Waals surface area (Å²) in [7, 11) is 0. The number of hydrogen-bond donors (Lipinski definition) is 2. The minimum Gasteiger partial charge on any atom is -0.510 e. The number of nitrogens with zero attached hydrogens (tertiary/aromatic N) is 4. The Morgan fingerprint density at radius 1 is 1.29 bits per heavy atom. The Morgan fingerprint density at radius 3 is 2.91 bits per heavy atom. The van der Waals surface area contributed by atoms with Gasteiger partial charge < -0.3 is 10.1 Å². The summed E-state index contributed by atoms with van der Waals surface area (Å²) in [5.74, 6) is 0.281. The number of benzene rings is 1. The summed E-state index contributed by atoms with van der Waals surface area (Å²) < 4.78 is 1.61. The molecule has 0 radical (unpaired) electrons. The third-order valence-corrected chi connectivity index (χ3v) is 8.14. The molecule has 0 spiro atoms. The number of nitriles is 1. The van der Waals surface area contributed by atoms with Gasteiger partial charge in [0.15, 0.2) is 11.0 Å². The Morgan fingerprint density at radius 2 is 2.12 bits per heavy atom. The number of allylic oxidation sites excluding steroid dienone is 2. The Kier molecular flexibility index (Phi) is 6.26. The molecule has 1 aliphatic rings. The third kappa shape index (κ3) is 4.04. The third-order valence-electron chi connectivity index (χ3n) is 5.97. The predicted molar refractivity (Wildman–Crippen MR) is 137 cm³/mol. The van der Waals surface area contributed by atoms with E-state index in [2.05, 4.69) is 22.6 Å². The van der Waals surface area contributed by atoms with Gasteiger partial charge in [-0.3, -0.25) is 9.36 Å². The monoisotopic (exact) mass is 489 g/mol. The number of nitrogens with one attached hydrogen (secondary N) is 1. The van der Waals surface area contributed by atoms with E-state index in [-0.39, 0.29) is 22.6 Å². The molecule has 1 aliphatic carbocycles. The maximum Gasteiger partial charge on any atom is 0.263 e. The van der Waals surface area contributed by atoms with Crippen molar-refractivity contribution in [1.82, 2.24) is 19.5 Å². The van der Waals surface area contributed by atoms with E-state index in [4.69, 9.17) is 4.98 Å². The number of aliphatic hydroxyl groups is 1. The largest absolute Gasteiger partial charge is 0.510 e. The van der Waals surface area contributed by atoms with Crippen molar-refractivity contribution in [1.29, 1.82) is 5.26 Å². The van der Waals surface area contributed by atoms with Gasteiger partial charge in [-0.2, -0.15) is 5.26 Å². The van der Waals surface area contributed by atoms with E-state index in [1.54, 1.807) is 22.0 Å². The number of aromatic nitrogens is 4. The molecule has 0 atom stereocenters. The fourth-order valence-corrected chi connectivity index (χ4v) is 6.52. The molecule has 0 aliphatic heterocycles. The Bertz CT molecular complexity index is 1500. The van der Waals surface area contributed by atoms with Crippen LogP contribution in [0.5, 0.6) is 0 Å². The van der Waals surface area contributed by atoms with Crippen molar-refractivity contribution >= 4 is 49.9 Å². The summed E-state index contributed by atoms with van der Waals surface area (Å²) in [5.41, 5.74) is 2.67. The van der Waals surface area contributed by atoms with Crippen LogP contribution in [0.4, 0.5) is 0 Å². The van der Waals surface area contributed by atoms with Crippen molar-refractivity contribution in [3.05, 3.63) is 69.3 Å². The maximum atomic E-state index is 13.5. The Balaban J connectivity index is 1.51. The lowest BCUT2D eigenvalue weighted by Gasteiger charge is -2.11. The molecule has 3 aromatic heterocycles. The van der Waals surface area contributed by atoms with Gasteiger partial charge >= 0.3 is 0 Å². The molecule has 172 valence electrons. The summed E-state index contributed by atoms with van der Waals surface area (Å²) >= 11 is 2.84. The van der Waals surface area contributed by atoms with E-state index in [1.807, 2.05) is 24.3 Å². The number of rotatable bonds is 6. The lowest BCUT2D eigenvalue weighted by atomic mass is 10.1. The number of thioether (sulfide) groups is 1. The average molecular weight is 490 g/mol. The zero-order valence-electron chi connectivity index (χ0n) is 18.5. The number of H-pyrrole nitrogens is 1. The van der Waals surface area contributed by atoms with Crippen LogP contribution in [0, 0.1) is 11.3 Å². The second-order valence-electron chi connectivity index (χ2n) is 8.17. The molecule has 0 saturated heterocycles. The van der Waals surface area contributed by atoms with Crippen LogP contribution in [0.15, 0.2) is 52.6 Å². The first kappa shape index (κ1) is 22.4. The van der Waals surface area contributed by atoms with Crippen LogP contribution in [0.3, 0.4) is 0 Å². The standard InChI is InChI=1S/C25H23N5O2S2/c1-2-12-30-24(32)21-15-8-4-3-5-11-20(15)34-23(21)29-25(30)33-14-19(31)16(13-26)22-27-17-9-6-7-10-18(17)28-22/h2,6-7,9-10,31H,1,3-5,8,11-12,14H2,(H,27,28). The van der Waals surface area contributed by atoms with Crippen molar-refractivity contribution in [2.45, 2.75) is 43.8 Å². The maximum absolute atomic E-state index is 13.5. The quantitative estimate of drug-likeness (QED) is 0.0941. The second-order valence-corrected chi connectivity index (χ2v) is 10.2. The smallest absolute Gasteiger partial charge is 0.263 e. The molecular weight excluding hydrogens is 466 g/mol. The van der Waals surface area contributed by atoms with Crippen molar-refractivity contribution in [2.24, 2.45) is 0 Å². The van der Waals surface area contributed by atoms with E-state index in [0.29, 0.717) is 17.5 Å². The highest BCUT2D eigenvalue weighted by Crippen LogP contribution is 2.34. The van der Waals surface area contributed by atoms with Gasteiger partial charge in [0.05, 0.1) is 22.2 Å². The summed E-state index contributed by atoms with van der Waals surface area (Å²) in [4.78, 5) is 27.8. The highest BCUT2D eigenvalue weighted by molar-refractivity contribution is 7.99. The number of aliphatic hydroxyl groups excluding tert-OH is 1.